The molecule has 1 aromatic carbocycles. The van der Waals surface area contributed by atoms with Crippen LogP contribution < -0.4 is 14.8 Å². The van der Waals surface area contributed by atoms with Crippen LogP contribution >= 0.6 is 11.6 Å². The Bertz CT molecular complexity index is 806. The van der Waals surface area contributed by atoms with Crippen molar-refractivity contribution in [3.8, 4) is 11.5 Å². The van der Waals surface area contributed by atoms with E-state index in [0.717, 1.165) is 18.4 Å². The standard InChI is InChI=1S/C18H20ClN3O3/c1-10(23)16-15(19)18(22-17(21-16)12-5-6-12)20-9-11-4-7-13(24-2)14(8-11)25-3/h4,7-8,12H,5-6,9H2,1-3H3,(H,20,21,22). The molecule has 6 nitrogen and oxygen atoms in total. The van der Waals surface area contributed by atoms with E-state index < -0.39 is 0 Å². The maximum atomic E-state index is 11.8. The van der Waals surface area contributed by atoms with Crippen LogP contribution in [0.15, 0.2) is 18.2 Å². The first kappa shape index (κ1) is 17.5. The highest BCUT2D eigenvalue weighted by Crippen LogP contribution is 2.39. The van der Waals surface area contributed by atoms with Crippen LogP contribution in [0.5, 0.6) is 11.5 Å². The molecule has 1 N–H and O–H groups in total. The maximum absolute atomic E-state index is 11.8. The number of carbonyl (C=O) groups excluding carboxylic acids is 1. The number of aromatic nitrogens is 2. The van der Waals surface area contributed by atoms with Gasteiger partial charge in [-0.15, -0.1) is 0 Å². The van der Waals surface area contributed by atoms with Crippen molar-refractivity contribution in [1.82, 2.24) is 9.97 Å². The third-order valence-electron chi connectivity index (χ3n) is 4.05. The monoisotopic (exact) mass is 361 g/mol. The number of halogens is 1. The number of ether oxygens (including phenoxy) is 2. The van der Waals surface area contributed by atoms with Crippen molar-refractivity contribution < 1.29 is 14.3 Å². The predicted molar refractivity (Wildman–Crippen MR) is 95.9 cm³/mol. The van der Waals surface area contributed by atoms with E-state index in [-0.39, 0.29) is 16.5 Å². The number of anilines is 1. The number of nitrogens with zero attached hydrogens (tertiary/aromatic N) is 2. The van der Waals surface area contributed by atoms with Gasteiger partial charge in [-0.25, -0.2) is 9.97 Å². The Labute approximate surface area is 151 Å². The SMILES string of the molecule is COc1ccc(CNc2nc(C3CC3)nc(C(C)=O)c2Cl)cc1OC. The van der Waals surface area contributed by atoms with E-state index in [2.05, 4.69) is 15.3 Å². The molecular formula is C18H20ClN3O3. The fraction of sp³-hybridized carbons (Fsp3) is 0.389. The third kappa shape index (κ3) is 3.85. The average Bonchev–Trinajstić information content (AvgIpc) is 3.45. The van der Waals surface area contributed by atoms with E-state index in [4.69, 9.17) is 21.1 Å². The van der Waals surface area contributed by atoms with Gasteiger partial charge >= 0.3 is 0 Å². The largest absolute Gasteiger partial charge is 0.493 e. The lowest BCUT2D eigenvalue weighted by molar-refractivity contribution is 0.101. The van der Waals surface area contributed by atoms with Gasteiger partial charge in [0.2, 0.25) is 0 Å². The van der Waals surface area contributed by atoms with Gasteiger partial charge in [0.05, 0.1) is 14.2 Å². The summed E-state index contributed by atoms with van der Waals surface area (Å²) in [5.74, 6) is 2.66. The zero-order chi connectivity index (χ0) is 18.0. The van der Waals surface area contributed by atoms with E-state index in [0.29, 0.717) is 35.6 Å². The fourth-order valence-electron chi connectivity index (χ4n) is 2.52. The fourth-order valence-corrected chi connectivity index (χ4v) is 2.80. The molecule has 1 saturated carbocycles. The van der Waals surface area contributed by atoms with Crippen LogP contribution in [0, 0.1) is 0 Å². The zero-order valence-electron chi connectivity index (χ0n) is 14.4. The smallest absolute Gasteiger partial charge is 0.179 e. The van der Waals surface area contributed by atoms with Crippen LogP contribution in [-0.2, 0) is 6.54 Å². The highest BCUT2D eigenvalue weighted by atomic mass is 35.5. The number of hydrogen-bond acceptors (Lipinski definition) is 6. The molecule has 1 fully saturated rings. The van der Waals surface area contributed by atoms with Gasteiger partial charge in [-0.3, -0.25) is 4.79 Å². The lowest BCUT2D eigenvalue weighted by Gasteiger charge is -2.13. The summed E-state index contributed by atoms with van der Waals surface area (Å²) in [6.45, 7) is 1.95. The van der Waals surface area contributed by atoms with E-state index >= 15 is 0 Å². The second-order valence-corrected chi connectivity index (χ2v) is 6.34. The second kappa shape index (κ2) is 7.27. The Morgan fingerprint density at radius 3 is 2.56 bits per heavy atom. The van der Waals surface area contributed by atoms with E-state index in [1.165, 1.54) is 6.92 Å². The Morgan fingerprint density at radius 2 is 1.96 bits per heavy atom. The minimum Gasteiger partial charge on any atom is -0.493 e. The van der Waals surface area contributed by atoms with Crippen molar-refractivity contribution in [2.45, 2.75) is 32.2 Å². The minimum atomic E-state index is -0.163. The Balaban J connectivity index is 1.84. The highest BCUT2D eigenvalue weighted by molar-refractivity contribution is 6.35. The number of ketones is 1. The van der Waals surface area contributed by atoms with Gasteiger partial charge in [-0.2, -0.15) is 0 Å². The number of hydrogen-bond donors (Lipinski definition) is 1. The van der Waals surface area contributed by atoms with Crippen LogP contribution in [0.4, 0.5) is 5.82 Å². The van der Waals surface area contributed by atoms with Crippen molar-refractivity contribution in [3.63, 3.8) is 0 Å². The summed E-state index contributed by atoms with van der Waals surface area (Å²) >= 11 is 6.32. The Kier molecular flexibility index (Phi) is 5.08. The first-order valence-electron chi connectivity index (χ1n) is 8.06. The Morgan fingerprint density at radius 1 is 1.24 bits per heavy atom. The van der Waals surface area contributed by atoms with Crippen LogP contribution in [0.25, 0.3) is 0 Å². The average molecular weight is 362 g/mol. The molecule has 1 aliphatic carbocycles. The molecule has 3 rings (SSSR count). The lowest BCUT2D eigenvalue weighted by atomic mass is 10.2. The van der Waals surface area contributed by atoms with Gasteiger partial charge in [0.25, 0.3) is 0 Å². The molecule has 25 heavy (non-hydrogen) atoms. The molecule has 1 aliphatic rings. The molecule has 2 aromatic rings. The first-order valence-corrected chi connectivity index (χ1v) is 8.44. The van der Waals surface area contributed by atoms with Gasteiger partial charge in [0.15, 0.2) is 17.3 Å². The molecule has 0 unspecified atom stereocenters. The molecule has 0 amide bonds. The molecule has 0 atom stereocenters. The number of benzene rings is 1. The molecular weight excluding hydrogens is 342 g/mol. The van der Waals surface area contributed by atoms with Crippen molar-refractivity contribution in [2.75, 3.05) is 19.5 Å². The lowest BCUT2D eigenvalue weighted by Crippen LogP contribution is -2.10. The van der Waals surface area contributed by atoms with E-state index in [9.17, 15) is 4.79 Å². The Hall–Kier alpha value is -2.34. The van der Waals surface area contributed by atoms with Crippen molar-refractivity contribution in [2.24, 2.45) is 0 Å². The topological polar surface area (TPSA) is 73.3 Å². The molecule has 0 bridgehead atoms. The van der Waals surface area contributed by atoms with E-state index in [1.807, 2.05) is 18.2 Å². The van der Waals surface area contributed by atoms with Crippen molar-refractivity contribution in [3.05, 3.63) is 40.3 Å². The van der Waals surface area contributed by atoms with Gasteiger partial charge in [-0.1, -0.05) is 17.7 Å². The van der Waals surface area contributed by atoms with Crippen LogP contribution in [0.2, 0.25) is 5.02 Å². The van der Waals surface area contributed by atoms with Crippen LogP contribution in [0.1, 0.15) is 47.6 Å². The number of nitrogens with one attached hydrogen (secondary N) is 1. The maximum Gasteiger partial charge on any atom is 0.179 e. The van der Waals surface area contributed by atoms with Crippen molar-refractivity contribution in [1.29, 1.82) is 0 Å². The minimum absolute atomic E-state index is 0.163. The molecule has 0 spiro atoms. The number of carbonyl (C=O) groups is 1. The molecule has 1 aromatic heterocycles. The van der Waals surface area contributed by atoms with Gasteiger partial charge in [-0.05, 0) is 30.5 Å². The van der Waals surface area contributed by atoms with E-state index in [1.54, 1.807) is 14.2 Å². The van der Waals surface area contributed by atoms with Crippen LogP contribution in [0.3, 0.4) is 0 Å². The molecule has 0 aliphatic heterocycles. The third-order valence-corrected chi connectivity index (χ3v) is 4.41. The van der Waals surface area contributed by atoms with Crippen molar-refractivity contribution >= 4 is 23.2 Å². The molecule has 132 valence electrons. The van der Waals surface area contributed by atoms with Crippen LogP contribution in [-0.4, -0.2) is 30.0 Å². The summed E-state index contributed by atoms with van der Waals surface area (Å²) in [6, 6.07) is 5.65. The summed E-state index contributed by atoms with van der Waals surface area (Å²) in [5.41, 5.74) is 1.25. The summed E-state index contributed by atoms with van der Waals surface area (Å²) in [5, 5.41) is 3.47. The predicted octanol–water partition coefficient (Wildman–Crippen LogP) is 3.84. The van der Waals surface area contributed by atoms with Gasteiger partial charge < -0.3 is 14.8 Å². The molecule has 0 saturated heterocycles. The summed E-state index contributed by atoms with van der Waals surface area (Å²) < 4.78 is 10.6. The zero-order valence-corrected chi connectivity index (χ0v) is 15.2. The number of methoxy groups -OCH3 is 2. The summed E-state index contributed by atoms with van der Waals surface area (Å²) in [7, 11) is 3.19. The quantitative estimate of drug-likeness (QED) is 0.755. The first-order chi connectivity index (χ1) is 12.0. The molecule has 1 heterocycles. The highest BCUT2D eigenvalue weighted by Gasteiger charge is 2.29. The number of Topliss-reactive ketones (excluding diaryl/α,β-unsaturated/α-hetero) is 1. The normalized spacial score (nSPS) is 13.4. The van der Waals surface area contributed by atoms with Gasteiger partial charge in [0, 0.05) is 19.4 Å². The van der Waals surface area contributed by atoms with Gasteiger partial charge in [0.1, 0.15) is 22.4 Å². The summed E-state index contributed by atoms with van der Waals surface area (Å²) in [6.07, 6.45) is 2.10. The second-order valence-electron chi connectivity index (χ2n) is 5.97. The molecule has 0 radical (unpaired) electrons. The number of rotatable bonds is 7. The molecule has 7 heteroatoms. The summed E-state index contributed by atoms with van der Waals surface area (Å²) in [4.78, 5) is 20.6.